The van der Waals surface area contributed by atoms with Gasteiger partial charge in [0.05, 0.1) is 0 Å². The lowest BCUT2D eigenvalue weighted by molar-refractivity contribution is 0.861. The molecule has 0 fully saturated rings. The van der Waals surface area contributed by atoms with E-state index in [1.54, 1.807) is 0 Å². The molecule has 10 heavy (non-hydrogen) atoms. The van der Waals surface area contributed by atoms with Gasteiger partial charge in [-0.15, -0.1) is 6.58 Å². The molecule has 0 saturated carbocycles. The van der Waals surface area contributed by atoms with Crippen molar-refractivity contribution in [2.24, 2.45) is 5.92 Å². The third kappa shape index (κ3) is 3.49. The van der Waals surface area contributed by atoms with Gasteiger partial charge < -0.3 is 0 Å². The molecule has 0 aromatic rings. The van der Waals surface area contributed by atoms with Crippen molar-refractivity contribution in [2.45, 2.75) is 27.7 Å². The molecule has 0 aliphatic heterocycles. The van der Waals surface area contributed by atoms with Gasteiger partial charge in [0.1, 0.15) is 0 Å². The van der Waals surface area contributed by atoms with Crippen LogP contribution >= 0.6 is 0 Å². The summed E-state index contributed by atoms with van der Waals surface area (Å²) in [6.45, 7) is 12.2. The SMILES string of the molecule is C=CC(C)[CH]C(C)=C(C)C. The van der Waals surface area contributed by atoms with Gasteiger partial charge in [-0.2, -0.15) is 0 Å². The zero-order valence-corrected chi connectivity index (χ0v) is 7.44. The van der Waals surface area contributed by atoms with Gasteiger partial charge in [-0.3, -0.25) is 0 Å². The second-order valence-electron chi connectivity index (χ2n) is 2.94. The zero-order valence-electron chi connectivity index (χ0n) is 7.44. The molecule has 57 valence electrons. The number of allylic oxidation sites excluding steroid dienone is 3. The molecule has 1 unspecified atom stereocenters. The van der Waals surface area contributed by atoms with Crippen LogP contribution in [0.1, 0.15) is 27.7 Å². The lowest BCUT2D eigenvalue weighted by Crippen LogP contribution is -1.92. The van der Waals surface area contributed by atoms with E-state index in [9.17, 15) is 0 Å². The van der Waals surface area contributed by atoms with Crippen LogP contribution in [0, 0.1) is 12.3 Å². The Hall–Kier alpha value is -0.520. The zero-order chi connectivity index (χ0) is 8.15. The molecule has 0 aromatic carbocycles. The highest BCUT2D eigenvalue weighted by Crippen LogP contribution is 2.13. The standard InChI is InChI=1S/C10H17/c1-6-9(4)7-10(5)8(2)3/h6-7,9H,1H2,2-5H3. The fourth-order valence-corrected chi connectivity index (χ4v) is 0.629. The predicted molar refractivity (Wildman–Crippen MR) is 47.7 cm³/mol. The molecule has 0 rings (SSSR count). The third-order valence-corrected chi connectivity index (χ3v) is 1.67. The topological polar surface area (TPSA) is 0 Å². The first kappa shape index (κ1) is 9.48. The first-order valence-electron chi connectivity index (χ1n) is 3.69. The molecule has 1 atom stereocenters. The van der Waals surface area contributed by atoms with E-state index in [0.29, 0.717) is 5.92 Å². The van der Waals surface area contributed by atoms with Crippen LogP contribution in [-0.2, 0) is 0 Å². The summed E-state index contributed by atoms with van der Waals surface area (Å²) in [6, 6.07) is 0. The maximum atomic E-state index is 3.72. The average Bonchev–Trinajstić information content (AvgIpc) is 1.87. The molecule has 0 nitrogen and oxygen atoms in total. The molecule has 0 aliphatic rings. The molecule has 0 bridgehead atoms. The van der Waals surface area contributed by atoms with Gasteiger partial charge >= 0.3 is 0 Å². The highest BCUT2D eigenvalue weighted by molar-refractivity contribution is 5.19. The maximum Gasteiger partial charge on any atom is -0.00722 e. The van der Waals surface area contributed by atoms with Gasteiger partial charge in [0, 0.05) is 0 Å². The van der Waals surface area contributed by atoms with Gasteiger partial charge in [0.15, 0.2) is 0 Å². The van der Waals surface area contributed by atoms with Crippen molar-refractivity contribution >= 4 is 0 Å². The third-order valence-electron chi connectivity index (χ3n) is 1.67. The minimum atomic E-state index is 0.495. The van der Waals surface area contributed by atoms with Crippen LogP contribution < -0.4 is 0 Å². The molecular weight excluding hydrogens is 120 g/mol. The Kier molecular flexibility index (Phi) is 4.10. The van der Waals surface area contributed by atoms with Crippen LogP contribution in [0.25, 0.3) is 0 Å². The average molecular weight is 137 g/mol. The van der Waals surface area contributed by atoms with Crippen molar-refractivity contribution in [3.05, 3.63) is 30.2 Å². The van der Waals surface area contributed by atoms with E-state index in [2.05, 4.69) is 40.7 Å². The second-order valence-corrected chi connectivity index (χ2v) is 2.94. The second kappa shape index (κ2) is 4.32. The predicted octanol–water partition coefficient (Wildman–Crippen LogP) is 3.37. The quantitative estimate of drug-likeness (QED) is 0.523. The normalized spacial score (nSPS) is 12.4. The Bertz CT molecular complexity index is 136. The van der Waals surface area contributed by atoms with E-state index in [1.807, 2.05) is 6.08 Å². The molecule has 0 aliphatic carbocycles. The Labute approximate surface area is 64.6 Å². The molecule has 0 saturated heterocycles. The highest BCUT2D eigenvalue weighted by atomic mass is 14.0. The van der Waals surface area contributed by atoms with Crippen LogP contribution in [0.15, 0.2) is 23.8 Å². The van der Waals surface area contributed by atoms with Gasteiger partial charge in [0.25, 0.3) is 0 Å². The summed E-state index contributed by atoms with van der Waals surface area (Å²) in [5.74, 6) is 0.495. The van der Waals surface area contributed by atoms with Gasteiger partial charge in [-0.1, -0.05) is 24.1 Å². The lowest BCUT2D eigenvalue weighted by Gasteiger charge is -2.06. The Morgan fingerprint density at radius 1 is 1.30 bits per heavy atom. The van der Waals surface area contributed by atoms with Crippen LogP contribution in [0.5, 0.6) is 0 Å². The Morgan fingerprint density at radius 2 is 1.80 bits per heavy atom. The van der Waals surface area contributed by atoms with Crippen molar-refractivity contribution in [1.29, 1.82) is 0 Å². The largest absolute Gasteiger partial charge is 0.103 e. The summed E-state index contributed by atoms with van der Waals surface area (Å²) in [6.07, 6.45) is 4.18. The minimum absolute atomic E-state index is 0.495. The van der Waals surface area contributed by atoms with E-state index in [4.69, 9.17) is 0 Å². The fraction of sp³-hybridized carbons (Fsp3) is 0.500. The molecule has 0 heteroatoms. The van der Waals surface area contributed by atoms with Gasteiger partial charge in [-0.05, 0) is 33.1 Å². The van der Waals surface area contributed by atoms with Gasteiger partial charge in [-0.25, -0.2) is 0 Å². The summed E-state index contributed by atoms with van der Waals surface area (Å²) in [4.78, 5) is 0. The van der Waals surface area contributed by atoms with Gasteiger partial charge in [0.2, 0.25) is 0 Å². The van der Waals surface area contributed by atoms with Crippen LogP contribution in [0.2, 0.25) is 0 Å². The number of hydrogen-bond acceptors (Lipinski definition) is 0. The van der Waals surface area contributed by atoms with Crippen molar-refractivity contribution in [2.75, 3.05) is 0 Å². The highest BCUT2D eigenvalue weighted by Gasteiger charge is 1.98. The van der Waals surface area contributed by atoms with E-state index in [1.165, 1.54) is 11.1 Å². The number of rotatable bonds is 3. The smallest absolute Gasteiger partial charge is 0.00722 e. The first-order chi connectivity index (χ1) is 4.57. The Balaban J connectivity index is 3.91. The minimum Gasteiger partial charge on any atom is -0.103 e. The summed E-state index contributed by atoms with van der Waals surface area (Å²) in [5.41, 5.74) is 2.75. The molecule has 0 heterocycles. The van der Waals surface area contributed by atoms with Crippen molar-refractivity contribution in [1.82, 2.24) is 0 Å². The van der Waals surface area contributed by atoms with Crippen LogP contribution in [-0.4, -0.2) is 0 Å². The summed E-state index contributed by atoms with van der Waals surface area (Å²) >= 11 is 0. The Morgan fingerprint density at radius 3 is 2.10 bits per heavy atom. The van der Waals surface area contributed by atoms with E-state index >= 15 is 0 Å². The lowest BCUT2D eigenvalue weighted by atomic mass is 10.00. The first-order valence-corrected chi connectivity index (χ1v) is 3.69. The molecular formula is C10H17. The van der Waals surface area contributed by atoms with Crippen molar-refractivity contribution in [3.63, 3.8) is 0 Å². The van der Waals surface area contributed by atoms with Crippen molar-refractivity contribution < 1.29 is 0 Å². The molecule has 0 spiro atoms. The fourth-order valence-electron chi connectivity index (χ4n) is 0.629. The van der Waals surface area contributed by atoms with Crippen LogP contribution in [0.4, 0.5) is 0 Å². The molecule has 1 radical (unpaired) electrons. The number of hydrogen-bond donors (Lipinski definition) is 0. The van der Waals surface area contributed by atoms with Crippen molar-refractivity contribution in [3.8, 4) is 0 Å². The maximum absolute atomic E-state index is 3.72. The van der Waals surface area contributed by atoms with E-state index in [0.717, 1.165) is 0 Å². The molecule has 0 aromatic heterocycles. The van der Waals surface area contributed by atoms with E-state index < -0.39 is 0 Å². The van der Waals surface area contributed by atoms with E-state index in [-0.39, 0.29) is 0 Å². The van der Waals surface area contributed by atoms with Crippen LogP contribution in [0.3, 0.4) is 0 Å². The molecule has 0 N–H and O–H groups in total. The monoisotopic (exact) mass is 137 g/mol. The summed E-state index contributed by atoms with van der Waals surface area (Å²) in [5, 5.41) is 0. The summed E-state index contributed by atoms with van der Waals surface area (Å²) in [7, 11) is 0. The molecule has 0 amide bonds. The summed E-state index contributed by atoms with van der Waals surface area (Å²) < 4.78 is 0.